The quantitative estimate of drug-likeness (QED) is 0.924. The van der Waals surface area contributed by atoms with Crippen LogP contribution in [0.25, 0.3) is 11.3 Å². The number of hydrogen-bond acceptors (Lipinski definition) is 3. The number of nitrogens with one attached hydrogen (secondary N) is 1. The van der Waals surface area contributed by atoms with Gasteiger partial charge in [-0.2, -0.15) is 14.0 Å². The molecule has 6 heteroatoms. The molecule has 1 N–H and O–H groups in total. The average molecular weight is 262 g/mol. The molecule has 0 bridgehead atoms. The fraction of sp³-hybridized carbons (Fsp3) is 0.0769. The lowest BCUT2D eigenvalue weighted by molar-refractivity contribution is -0.0494. The van der Waals surface area contributed by atoms with Gasteiger partial charge in [0.15, 0.2) is 0 Å². The maximum Gasteiger partial charge on any atom is 0.387 e. The molecule has 0 aliphatic rings. The van der Waals surface area contributed by atoms with E-state index in [0.717, 1.165) is 0 Å². The summed E-state index contributed by atoms with van der Waals surface area (Å²) in [4.78, 5) is 14.0. The van der Waals surface area contributed by atoms with Crippen molar-refractivity contribution in [2.24, 2.45) is 0 Å². The number of pyridine rings is 1. The highest BCUT2D eigenvalue weighted by Crippen LogP contribution is 2.28. The predicted octanol–water partition coefficient (Wildman–Crippen LogP) is 2.51. The van der Waals surface area contributed by atoms with Crippen LogP contribution in [0.3, 0.4) is 0 Å². The molecule has 2 rings (SSSR count). The molecule has 2 aromatic rings. The highest BCUT2D eigenvalue weighted by atomic mass is 19.3. The maximum absolute atomic E-state index is 12.3. The lowest BCUT2D eigenvalue weighted by atomic mass is 10.1. The predicted molar refractivity (Wildman–Crippen MR) is 63.8 cm³/mol. The molecule has 0 aliphatic heterocycles. The fourth-order valence-electron chi connectivity index (χ4n) is 1.61. The zero-order chi connectivity index (χ0) is 13.8. The van der Waals surface area contributed by atoms with Crippen LogP contribution in [0.5, 0.6) is 5.75 Å². The fourth-order valence-corrected chi connectivity index (χ4v) is 1.61. The molecule has 0 atom stereocenters. The third-order valence-electron chi connectivity index (χ3n) is 2.42. The number of H-pyrrole nitrogens is 1. The molecule has 4 nitrogen and oxygen atoms in total. The van der Waals surface area contributed by atoms with Gasteiger partial charge in [-0.25, -0.2) is 0 Å². The number of alkyl halides is 2. The lowest BCUT2D eigenvalue weighted by Gasteiger charge is -2.10. The Labute approximate surface area is 106 Å². The SMILES string of the molecule is N#Cc1ccc(-c2ccccc2OC(F)F)[nH]c1=O. The van der Waals surface area contributed by atoms with Gasteiger partial charge in [-0.3, -0.25) is 4.79 Å². The van der Waals surface area contributed by atoms with Crippen LogP contribution in [0.15, 0.2) is 41.2 Å². The van der Waals surface area contributed by atoms with Crippen molar-refractivity contribution in [3.63, 3.8) is 0 Å². The van der Waals surface area contributed by atoms with E-state index in [-0.39, 0.29) is 11.3 Å². The van der Waals surface area contributed by atoms with Gasteiger partial charge in [0.1, 0.15) is 17.4 Å². The lowest BCUT2D eigenvalue weighted by Crippen LogP contribution is -2.11. The molecule has 96 valence electrons. The molecule has 1 heterocycles. The minimum absolute atomic E-state index is 0.0437. The van der Waals surface area contributed by atoms with Gasteiger partial charge in [0, 0.05) is 5.56 Å². The molecule has 1 aromatic carbocycles. The van der Waals surface area contributed by atoms with Crippen LogP contribution < -0.4 is 10.3 Å². The summed E-state index contributed by atoms with van der Waals surface area (Å²) < 4.78 is 28.9. The third-order valence-corrected chi connectivity index (χ3v) is 2.42. The molecule has 0 aliphatic carbocycles. The van der Waals surface area contributed by atoms with Crippen LogP contribution in [0.2, 0.25) is 0 Å². The molecule has 1 aromatic heterocycles. The number of para-hydroxylation sites is 1. The van der Waals surface area contributed by atoms with Crippen molar-refractivity contribution >= 4 is 0 Å². The summed E-state index contributed by atoms with van der Waals surface area (Å²) in [6.45, 7) is -2.95. The largest absolute Gasteiger partial charge is 0.434 e. The van der Waals surface area contributed by atoms with Crippen LogP contribution in [0.1, 0.15) is 5.56 Å². The van der Waals surface area contributed by atoms with Crippen LogP contribution >= 0.6 is 0 Å². The number of nitrogens with zero attached hydrogens (tertiary/aromatic N) is 1. The van der Waals surface area contributed by atoms with Gasteiger partial charge < -0.3 is 9.72 Å². The summed E-state index contributed by atoms with van der Waals surface area (Å²) >= 11 is 0. The van der Waals surface area contributed by atoms with E-state index in [0.29, 0.717) is 11.3 Å². The molecule has 0 saturated carbocycles. The van der Waals surface area contributed by atoms with E-state index in [9.17, 15) is 13.6 Å². The molecule has 0 spiro atoms. The Bertz CT molecular complexity index is 690. The van der Waals surface area contributed by atoms with E-state index >= 15 is 0 Å². The summed E-state index contributed by atoms with van der Waals surface area (Å²) in [5, 5.41) is 8.66. The van der Waals surface area contributed by atoms with Gasteiger partial charge in [-0.05, 0) is 24.3 Å². The second-order valence-corrected chi connectivity index (χ2v) is 3.60. The molecule has 19 heavy (non-hydrogen) atoms. The summed E-state index contributed by atoms with van der Waals surface area (Å²) in [5.41, 5.74) is 0.00694. The van der Waals surface area contributed by atoms with Crippen molar-refractivity contribution < 1.29 is 13.5 Å². The third kappa shape index (κ3) is 2.77. The standard InChI is InChI=1S/C13H8F2N2O2/c14-13(15)19-11-4-2-1-3-9(11)10-6-5-8(7-16)12(18)17-10/h1-6,13H,(H,17,18). The Morgan fingerprint density at radius 2 is 1.95 bits per heavy atom. The van der Waals surface area contributed by atoms with E-state index in [1.807, 2.05) is 0 Å². The van der Waals surface area contributed by atoms with Crippen molar-refractivity contribution in [2.75, 3.05) is 0 Å². The summed E-state index contributed by atoms with van der Waals surface area (Å²) in [5.74, 6) is -0.0437. The molecule has 0 fully saturated rings. The van der Waals surface area contributed by atoms with Crippen LogP contribution in [-0.2, 0) is 0 Å². The second kappa shape index (κ2) is 5.31. The maximum atomic E-state index is 12.3. The molecule has 0 radical (unpaired) electrons. The number of hydrogen-bond donors (Lipinski definition) is 1. The topological polar surface area (TPSA) is 65.9 Å². The molecule has 0 unspecified atom stereocenters. The normalized spacial score (nSPS) is 10.2. The Morgan fingerprint density at radius 1 is 1.21 bits per heavy atom. The minimum atomic E-state index is -2.95. The van der Waals surface area contributed by atoms with E-state index < -0.39 is 12.2 Å². The van der Waals surface area contributed by atoms with E-state index in [4.69, 9.17) is 5.26 Å². The summed E-state index contributed by atoms with van der Waals surface area (Å²) in [6, 6.07) is 10.6. The number of halogens is 2. The van der Waals surface area contributed by atoms with Crippen molar-refractivity contribution in [3.8, 4) is 23.1 Å². The van der Waals surface area contributed by atoms with Gasteiger partial charge in [-0.1, -0.05) is 12.1 Å². The Balaban J connectivity index is 2.50. The van der Waals surface area contributed by atoms with Crippen LogP contribution in [0, 0.1) is 11.3 Å². The molecule has 0 saturated heterocycles. The first-order valence-electron chi connectivity index (χ1n) is 5.29. The van der Waals surface area contributed by atoms with Crippen molar-refractivity contribution in [1.82, 2.24) is 4.98 Å². The van der Waals surface area contributed by atoms with Gasteiger partial charge in [0.2, 0.25) is 0 Å². The molecular formula is C13H8F2N2O2. The van der Waals surface area contributed by atoms with Crippen molar-refractivity contribution in [2.45, 2.75) is 6.61 Å². The Morgan fingerprint density at radius 3 is 2.58 bits per heavy atom. The number of ether oxygens (including phenoxy) is 1. The Kier molecular flexibility index (Phi) is 3.57. The number of benzene rings is 1. The van der Waals surface area contributed by atoms with E-state index in [1.165, 1.54) is 24.3 Å². The first-order valence-corrected chi connectivity index (χ1v) is 5.29. The van der Waals surface area contributed by atoms with Crippen molar-refractivity contribution in [3.05, 3.63) is 52.3 Å². The number of nitriles is 1. The van der Waals surface area contributed by atoms with Gasteiger partial charge in [0.05, 0.1) is 5.69 Å². The molecule has 0 amide bonds. The summed E-state index contributed by atoms with van der Waals surface area (Å²) in [7, 11) is 0. The monoisotopic (exact) mass is 262 g/mol. The van der Waals surface area contributed by atoms with Crippen molar-refractivity contribution in [1.29, 1.82) is 5.26 Å². The van der Waals surface area contributed by atoms with E-state index in [2.05, 4.69) is 9.72 Å². The smallest absolute Gasteiger partial charge is 0.387 e. The second-order valence-electron chi connectivity index (χ2n) is 3.60. The zero-order valence-electron chi connectivity index (χ0n) is 9.56. The van der Waals surface area contributed by atoms with Gasteiger partial charge >= 0.3 is 6.61 Å². The van der Waals surface area contributed by atoms with Gasteiger partial charge in [0.25, 0.3) is 5.56 Å². The Hall–Kier alpha value is -2.68. The number of rotatable bonds is 3. The highest BCUT2D eigenvalue weighted by molar-refractivity contribution is 5.67. The summed E-state index contributed by atoms with van der Waals surface area (Å²) in [6.07, 6.45) is 0. The first-order chi connectivity index (χ1) is 9.11. The van der Waals surface area contributed by atoms with Gasteiger partial charge in [-0.15, -0.1) is 0 Å². The minimum Gasteiger partial charge on any atom is -0.434 e. The molecular weight excluding hydrogens is 254 g/mol. The number of aromatic amines is 1. The number of aromatic nitrogens is 1. The van der Waals surface area contributed by atoms with E-state index in [1.54, 1.807) is 18.2 Å². The van der Waals surface area contributed by atoms with Crippen LogP contribution in [0.4, 0.5) is 8.78 Å². The first kappa shape index (κ1) is 12.8. The zero-order valence-corrected chi connectivity index (χ0v) is 9.56. The highest BCUT2D eigenvalue weighted by Gasteiger charge is 2.11. The average Bonchev–Trinajstić information content (AvgIpc) is 2.38. The van der Waals surface area contributed by atoms with Crippen LogP contribution in [-0.4, -0.2) is 11.6 Å².